The van der Waals surface area contributed by atoms with E-state index in [2.05, 4.69) is 11.4 Å². The molecular weight excluding hydrogens is 471 g/mol. The first-order valence-corrected chi connectivity index (χ1v) is 12.6. The number of fused-ring (bicyclic) bond motifs is 1. The van der Waals surface area contributed by atoms with Gasteiger partial charge in [0.05, 0.1) is 19.0 Å². The zero-order valence-corrected chi connectivity index (χ0v) is 20.2. The first-order valence-electron chi connectivity index (χ1n) is 10.1. The van der Waals surface area contributed by atoms with Crippen molar-refractivity contribution < 1.29 is 9.59 Å². The smallest absolute Gasteiger partial charge is 0.242 e. The summed E-state index contributed by atoms with van der Waals surface area (Å²) < 4.78 is 0. The van der Waals surface area contributed by atoms with E-state index in [1.54, 1.807) is 39.7 Å². The van der Waals surface area contributed by atoms with Gasteiger partial charge in [0, 0.05) is 32.9 Å². The number of hydrogen-bond acceptors (Lipinski definition) is 4. The fourth-order valence-electron chi connectivity index (χ4n) is 3.95. The van der Waals surface area contributed by atoms with Gasteiger partial charge in [0.1, 0.15) is 0 Å². The molecule has 1 aliphatic rings. The van der Waals surface area contributed by atoms with E-state index in [1.807, 2.05) is 35.4 Å². The number of hydrogen-bond donors (Lipinski definition) is 0. The van der Waals surface area contributed by atoms with Crippen LogP contribution in [0.15, 0.2) is 47.2 Å². The second-order valence-electron chi connectivity index (χ2n) is 7.37. The van der Waals surface area contributed by atoms with Crippen molar-refractivity contribution in [3.63, 3.8) is 0 Å². The summed E-state index contributed by atoms with van der Waals surface area (Å²) in [6.45, 7) is 3.04. The lowest BCUT2D eigenvalue weighted by Gasteiger charge is -2.38. The first kappa shape index (κ1) is 22.3. The van der Waals surface area contributed by atoms with Crippen molar-refractivity contribution in [1.29, 1.82) is 0 Å². The average molecular weight is 493 g/mol. The van der Waals surface area contributed by atoms with E-state index >= 15 is 0 Å². The Morgan fingerprint density at radius 3 is 2.68 bits per heavy atom. The van der Waals surface area contributed by atoms with E-state index in [0.29, 0.717) is 29.6 Å². The van der Waals surface area contributed by atoms with Crippen molar-refractivity contribution in [2.75, 3.05) is 19.6 Å². The summed E-state index contributed by atoms with van der Waals surface area (Å²) in [5, 5.41) is 5.11. The molecule has 4 rings (SSSR count). The minimum absolute atomic E-state index is 0.0346. The lowest BCUT2D eigenvalue weighted by Crippen LogP contribution is -2.47. The highest BCUT2D eigenvalue weighted by atomic mass is 35.5. The van der Waals surface area contributed by atoms with E-state index in [9.17, 15) is 9.59 Å². The van der Waals surface area contributed by atoms with Crippen LogP contribution >= 0.6 is 45.9 Å². The van der Waals surface area contributed by atoms with Crippen LogP contribution < -0.4 is 0 Å². The Morgan fingerprint density at radius 2 is 1.97 bits per heavy atom. The molecule has 4 nitrogen and oxygen atoms in total. The highest BCUT2D eigenvalue weighted by molar-refractivity contribution is 7.10. The molecule has 1 unspecified atom stereocenters. The second kappa shape index (κ2) is 9.74. The highest BCUT2D eigenvalue weighted by Gasteiger charge is 2.34. The van der Waals surface area contributed by atoms with Gasteiger partial charge in [-0.15, -0.1) is 22.7 Å². The van der Waals surface area contributed by atoms with Gasteiger partial charge in [0.2, 0.25) is 11.8 Å². The van der Waals surface area contributed by atoms with Crippen LogP contribution in [0.5, 0.6) is 0 Å². The molecule has 0 N–H and O–H groups in total. The van der Waals surface area contributed by atoms with Gasteiger partial charge >= 0.3 is 0 Å². The molecule has 1 aromatic carbocycles. The van der Waals surface area contributed by atoms with Gasteiger partial charge in [-0.2, -0.15) is 0 Å². The first-order chi connectivity index (χ1) is 15.0. The summed E-state index contributed by atoms with van der Waals surface area (Å²) in [5.74, 6) is -0.109. The molecule has 0 radical (unpaired) electrons. The van der Waals surface area contributed by atoms with Gasteiger partial charge in [-0.3, -0.25) is 9.59 Å². The Morgan fingerprint density at radius 1 is 1.13 bits per heavy atom. The van der Waals surface area contributed by atoms with Gasteiger partial charge in [0.15, 0.2) is 0 Å². The third-order valence-electron chi connectivity index (χ3n) is 5.51. The molecule has 1 atom stereocenters. The van der Waals surface area contributed by atoms with Crippen LogP contribution in [0.1, 0.15) is 33.8 Å². The van der Waals surface area contributed by atoms with Gasteiger partial charge < -0.3 is 9.80 Å². The van der Waals surface area contributed by atoms with Gasteiger partial charge in [-0.1, -0.05) is 35.3 Å². The van der Waals surface area contributed by atoms with Gasteiger partial charge in [-0.05, 0) is 59.5 Å². The lowest BCUT2D eigenvalue weighted by molar-refractivity contribution is -0.141. The monoisotopic (exact) mass is 492 g/mol. The van der Waals surface area contributed by atoms with Crippen LogP contribution in [0.25, 0.3) is 0 Å². The SMILES string of the molecule is CCN(CC(=O)N1CCc2sccc2C1c1ccc(Cl)cc1Cl)C(=O)Cc1cccs1. The van der Waals surface area contributed by atoms with Crippen LogP contribution in [0.2, 0.25) is 10.0 Å². The third-order valence-corrected chi connectivity index (χ3v) is 7.94. The second-order valence-corrected chi connectivity index (χ2v) is 10.2. The Hall–Kier alpha value is -1.86. The predicted octanol–water partition coefficient (Wildman–Crippen LogP) is 5.68. The molecule has 3 heterocycles. The van der Waals surface area contributed by atoms with Crippen molar-refractivity contribution in [3.8, 4) is 0 Å². The molecule has 0 aliphatic carbocycles. The molecule has 2 amide bonds. The van der Waals surface area contributed by atoms with Crippen molar-refractivity contribution >= 4 is 57.7 Å². The maximum atomic E-state index is 13.4. The fraction of sp³-hybridized carbons (Fsp3) is 0.304. The van der Waals surface area contributed by atoms with Crippen molar-refractivity contribution in [2.24, 2.45) is 0 Å². The Bertz CT molecular complexity index is 1080. The lowest BCUT2D eigenvalue weighted by atomic mass is 9.93. The van der Waals surface area contributed by atoms with E-state index < -0.39 is 0 Å². The number of halogens is 2. The number of carbonyl (C=O) groups is 2. The number of thiophene rings is 2. The molecule has 8 heteroatoms. The van der Waals surface area contributed by atoms with E-state index in [0.717, 1.165) is 22.4 Å². The zero-order chi connectivity index (χ0) is 22.0. The molecule has 0 saturated heterocycles. The van der Waals surface area contributed by atoms with Crippen molar-refractivity contribution in [1.82, 2.24) is 9.80 Å². The standard InChI is InChI=1S/C23H22Cl2N2O2S2/c1-2-26(21(28)13-16-4-3-10-30-16)14-22(29)27-9-7-20-18(8-11-31-20)23(27)17-6-5-15(24)12-19(17)25/h3-6,8,10-12,23H,2,7,9,13-14H2,1H3. The van der Waals surface area contributed by atoms with Crippen LogP contribution in [-0.4, -0.2) is 41.2 Å². The Balaban J connectivity index is 1.58. The normalized spacial score (nSPS) is 15.6. The van der Waals surface area contributed by atoms with E-state index in [-0.39, 0.29) is 24.4 Å². The minimum atomic E-state index is -0.279. The topological polar surface area (TPSA) is 40.6 Å². The fourth-order valence-corrected chi connectivity index (χ4v) is 6.06. The average Bonchev–Trinajstić information content (AvgIpc) is 3.43. The van der Waals surface area contributed by atoms with Crippen molar-refractivity contribution in [3.05, 3.63) is 78.1 Å². The molecule has 2 aromatic heterocycles. The predicted molar refractivity (Wildman–Crippen MR) is 128 cm³/mol. The molecular formula is C23H22Cl2N2O2S2. The molecule has 1 aliphatic heterocycles. The molecule has 162 valence electrons. The molecule has 0 saturated carbocycles. The maximum Gasteiger partial charge on any atom is 0.242 e. The quantitative estimate of drug-likeness (QED) is 0.443. The number of carbonyl (C=O) groups excluding carboxylic acids is 2. The number of likely N-dealkylation sites (N-methyl/N-ethyl adjacent to an activating group) is 1. The molecule has 0 bridgehead atoms. The Labute approximate surface area is 200 Å². The van der Waals surface area contributed by atoms with Gasteiger partial charge in [-0.25, -0.2) is 0 Å². The van der Waals surface area contributed by atoms with Crippen LogP contribution in [-0.2, 0) is 22.4 Å². The largest absolute Gasteiger partial charge is 0.333 e. The van der Waals surface area contributed by atoms with Crippen LogP contribution in [0.3, 0.4) is 0 Å². The summed E-state index contributed by atoms with van der Waals surface area (Å²) in [6.07, 6.45) is 1.12. The minimum Gasteiger partial charge on any atom is -0.333 e. The third kappa shape index (κ3) is 4.82. The zero-order valence-electron chi connectivity index (χ0n) is 17.0. The number of nitrogens with zero attached hydrogens (tertiary/aromatic N) is 2. The van der Waals surface area contributed by atoms with E-state index in [4.69, 9.17) is 23.2 Å². The van der Waals surface area contributed by atoms with Crippen LogP contribution in [0.4, 0.5) is 0 Å². The number of rotatable bonds is 6. The van der Waals surface area contributed by atoms with E-state index in [1.165, 1.54) is 4.88 Å². The van der Waals surface area contributed by atoms with Gasteiger partial charge in [0.25, 0.3) is 0 Å². The molecule has 0 spiro atoms. The molecule has 31 heavy (non-hydrogen) atoms. The number of amides is 2. The molecule has 0 fully saturated rings. The summed E-state index contributed by atoms with van der Waals surface area (Å²) in [6, 6.07) is 11.1. The summed E-state index contributed by atoms with van der Waals surface area (Å²) in [4.78, 5) is 32.0. The molecule has 3 aromatic rings. The van der Waals surface area contributed by atoms with Crippen molar-refractivity contribution in [2.45, 2.75) is 25.8 Å². The maximum absolute atomic E-state index is 13.4. The van der Waals surface area contributed by atoms with Crippen LogP contribution in [0, 0.1) is 0 Å². The number of benzene rings is 1. The summed E-state index contributed by atoms with van der Waals surface area (Å²) in [7, 11) is 0. The summed E-state index contributed by atoms with van der Waals surface area (Å²) >= 11 is 15.9. The summed E-state index contributed by atoms with van der Waals surface area (Å²) in [5.41, 5.74) is 1.95. The highest BCUT2D eigenvalue weighted by Crippen LogP contribution is 2.41. The Kier molecular flexibility index (Phi) is 7.02.